The monoisotopic (exact) mass is 407 g/mol. The molecule has 6 nitrogen and oxygen atoms in total. The summed E-state index contributed by atoms with van der Waals surface area (Å²) in [6.07, 6.45) is 3.57. The molecule has 30 heavy (non-hydrogen) atoms. The molecule has 0 bridgehead atoms. The highest BCUT2D eigenvalue weighted by atomic mass is 16.3. The molecule has 0 radical (unpaired) electrons. The number of urea groups is 1. The third-order valence-corrected chi connectivity index (χ3v) is 6.48. The molecule has 1 unspecified atom stereocenters. The molecule has 0 spiro atoms. The van der Waals surface area contributed by atoms with Crippen molar-refractivity contribution in [3.63, 3.8) is 0 Å². The van der Waals surface area contributed by atoms with Gasteiger partial charge in [-0.15, -0.1) is 0 Å². The second kappa shape index (κ2) is 7.18. The SMILES string of the molecule is Cc1cc2c(o1)CC(C)(C)CC2NC(=O)N1CCC(c2nc3ccccc3o2)CC1. The number of carbonyl (C=O) groups is 1. The minimum atomic E-state index is 0.00321. The Morgan fingerprint density at radius 2 is 1.97 bits per heavy atom. The number of nitrogens with zero attached hydrogens (tertiary/aromatic N) is 2. The summed E-state index contributed by atoms with van der Waals surface area (Å²) in [4.78, 5) is 19.6. The van der Waals surface area contributed by atoms with E-state index in [9.17, 15) is 4.79 Å². The van der Waals surface area contributed by atoms with Crippen LogP contribution in [0.4, 0.5) is 4.79 Å². The lowest BCUT2D eigenvalue weighted by atomic mass is 9.75. The Morgan fingerprint density at radius 1 is 1.20 bits per heavy atom. The van der Waals surface area contributed by atoms with Crippen molar-refractivity contribution in [2.24, 2.45) is 5.41 Å². The zero-order valence-electron chi connectivity index (χ0n) is 17.9. The van der Waals surface area contributed by atoms with Crippen LogP contribution >= 0.6 is 0 Å². The van der Waals surface area contributed by atoms with E-state index in [1.54, 1.807) is 0 Å². The summed E-state index contributed by atoms with van der Waals surface area (Å²) in [5.41, 5.74) is 2.98. The van der Waals surface area contributed by atoms with E-state index >= 15 is 0 Å². The van der Waals surface area contributed by atoms with Crippen molar-refractivity contribution < 1.29 is 13.6 Å². The zero-order chi connectivity index (χ0) is 20.9. The van der Waals surface area contributed by atoms with Gasteiger partial charge in [0.05, 0.1) is 6.04 Å². The average molecular weight is 408 g/mol. The maximum absolute atomic E-state index is 13.0. The fourth-order valence-electron chi connectivity index (χ4n) is 4.95. The minimum Gasteiger partial charge on any atom is -0.466 e. The molecular formula is C24H29N3O3. The number of likely N-dealkylation sites (tertiary alicyclic amines) is 1. The van der Waals surface area contributed by atoms with Gasteiger partial charge < -0.3 is 19.1 Å². The van der Waals surface area contributed by atoms with E-state index in [1.807, 2.05) is 36.1 Å². The van der Waals surface area contributed by atoms with Crippen LogP contribution in [0.3, 0.4) is 0 Å². The van der Waals surface area contributed by atoms with Crippen LogP contribution in [0.15, 0.2) is 39.2 Å². The van der Waals surface area contributed by atoms with E-state index in [2.05, 4.69) is 30.2 Å². The van der Waals surface area contributed by atoms with Crippen LogP contribution < -0.4 is 5.32 Å². The smallest absolute Gasteiger partial charge is 0.317 e. The van der Waals surface area contributed by atoms with Crippen molar-refractivity contribution in [1.29, 1.82) is 0 Å². The van der Waals surface area contributed by atoms with E-state index in [4.69, 9.17) is 8.83 Å². The number of benzene rings is 1. The molecule has 1 aromatic carbocycles. The van der Waals surface area contributed by atoms with Gasteiger partial charge in [0.25, 0.3) is 0 Å². The number of carbonyl (C=O) groups excluding carboxylic acids is 1. The normalized spacial score (nSPS) is 21.6. The van der Waals surface area contributed by atoms with E-state index in [0.717, 1.165) is 59.8 Å². The molecule has 3 heterocycles. The van der Waals surface area contributed by atoms with E-state index in [1.165, 1.54) is 0 Å². The first-order chi connectivity index (χ1) is 14.4. The number of fused-ring (bicyclic) bond motifs is 2. The summed E-state index contributed by atoms with van der Waals surface area (Å²) >= 11 is 0. The Kier molecular flexibility index (Phi) is 4.60. The molecule has 5 rings (SSSR count). The summed E-state index contributed by atoms with van der Waals surface area (Å²) in [6.45, 7) is 7.86. The predicted octanol–water partition coefficient (Wildman–Crippen LogP) is 5.33. The number of hydrogen-bond donors (Lipinski definition) is 1. The molecule has 0 saturated carbocycles. The van der Waals surface area contributed by atoms with Gasteiger partial charge in [-0.25, -0.2) is 9.78 Å². The highest BCUT2D eigenvalue weighted by Crippen LogP contribution is 2.42. The number of para-hydroxylation sites is 2. The summed E-state index contributed by atoms with van der Waals surface area (Å²) < 4.78 is 11.9. The number of amides is 2. The minimum absolute atomic E-state index is 0.00321. The van der Waals surface area contributed by atoms with Gasteiger partial charge in [0.15, 0.2) is 11.5 Å². The molecule has 6 heteroatoms. The summed E-state index contributed by atoms with van der Waals surface area (Å²) in [5.74, 6) is 2.99. The number of furan rings is 1. The second-order valence-electron chi connectivity index (χ2n) is 9.56. The largest absolute Gasteiger partial charge is 0.466 e. The first kappa shape index (κ1) is 19.2. The van der Waals surface area contributed by atoms with Crippen molar-refractivity contribution in [1.82, 2.24) is 15.2 Å². The molecule has 2 aromatic heterocycles. The third kappa shape index (κ3) is 3.59. The number of rotatable bonds is 2. The van der Waals surface area contributed by atoms with Crippen LogP contribution in [0.25, 0.3) is 11.1 Å². The maximum atomic E-state index is 13.0. The summed E-state index contributed by atoms with van der Waals surface area (Å²) in [5, 5.41) is 3.28. The Balaban J connectivity index is 1.24. The van der Waals surface area contributed by atoms with E-state index in [-0.39, 0.29) is 23.4 Å². The van der Waals surface area contributed by atoms with E-state index < -0.39 is 0 Å². The third-order valence-electron chi connectivity index (χ3n) is 6.48. The first-order valence-corrected chi connectivity index (χ1v) is 10.9. The van der Waals surface area contributed by atoms with Crippen molar-refractivity contribution in [3.8, 4) is 0 Å². The fraction of sp³-hybridized carbons (Fsp3) is 0.500. The molecule has 1 aliphatic heterocycles. The Hall–Kier alpha value is -2.76. The average Bonchev–Trinajstić information content (AvgIpc) is 3.30. The zero-order valence-corrected chi connectivity index (χ0v) is 17.9. The van der Waals surface area contributed by atoms with Gasteiger partial charge in [-0.3, -0.25) is 0 Å². The predicted molar refractivity (Wildman–Crippen MR) is 114 cm³/mol. The van der Waals surface area contributed by atoms with Gasteiger partial charge >= 0.3 is 6.03 Å². The number of nitrogens with one attached hydrogen (secondary N) is 1. The van der Waals surface area contributed by atoms with Crippen LogP contribution in [0.1, 0.15) is 68.0 Å². The Morgan fingerprint density at radius 3 is 2.73 bits per heavy atom. The van der Waals surface area contributed by atoms with Gasteiger partial charge in [0.1, 0.15) is 17.0 Å². The molecule has 1 saturated heterocycles. The van der Waals surface area contributed by atoms with Gasteiger partial charge in [-0.05, 0) is 49.8 Å². The van der Waals surface area contributed by atoms with Crippen molar-refractivity contribution in [2.45, 2.75) is 58.4 Å². The van der Waals surface area contributed by atoms with Crippen LogP contribution in [-0.4, -0.2) is 29.0 Å². The van der Waals surface area contributed by atoms with E-state index in [0.29, 0.717) is 13.1 Å². The molecule has 1 atom stereocenters. The number of piperidine rings is 1. The molecule has 1 N–H and O–H groups in total. The van der Waals surface area contributed by atoms with Crippen molar-refractivity contribution in [3.05, 3.63) is 53.3 Å². The molecule has 158 valence electrons. The first-order valence-electron chi connectivity index (χ1n) is 10.9. The Bertz CT molecular complexity index is 1040. The molecule has 3 aromatic rings. The van der Waals surface area contributed by atoms with Crippen molar-refractivity contribution in [2.75, 3.05) is 13.1 Å². The van der Waals surface area contributed by atoms with Gasteiger partial charge in [-0.2, -0.15) is 0 Å². The quantitative estimate of drug-likeness (QED) is 0.623. The molecular weight excluding hydrogens is 378 g/mol. The molecule has 1 fully saturated rings. The molecule has 2 amide bonds. The highest BCUT2D eigenvalue weighted by molar-refractivity contribution is 5.75. The highest BCUT2D eigenvalue weighted by Gasteiger charge is 2.36. The number of hydrogen-bond acceptors (Lipinski definition) is 4. The van der Waals surface area contributed by atoms with Gasteiger partial charge in [0.2, 0.25) is 0 Å². The molecule has 1 aliphatic carbocycles. The number of oxazole rings is 1. The van der Waals surface area contributed by atoms with Crippen LogP contribution in [0.2, 0.25) is 0 Å². The van der Waals surface area contributed by atoms with Gasteiger partial charge in [-0.1, -0.05) is 26.0 Å². The van der Waals surface area contributed by atoms with Crippen molar-refractivity contribution >= 4 is 17.1 Å². The maximum Gasteiger partial charge on any atom is 0.317 e. The standard InChI is InChI=1S/C24H29N3O3/c1-15-12-17-19(13-24(2,3)14-21(17)29-15)26-23(28)27-10-8-16(9-11-27)22-25-18-6-4-5-7-20(18)30-22/h4-7,12,16,19H,8-11,13-14H2,1-3H3,(H,26,28). The lowest BCUT2D eigenvalue weighted by Crippen LogP contribution is -2.46. The van der Waals surface area contributed by atoms with Crippen LogP contribution in [0, 0.1) is 12.3 Å². The Labute approximate surface area is 176 Å². The summed E-state index contributed by atoms with van der Waals surface area (Å²) in [7, 11) is 0. The fourth-order valence-corrected chi connectivity index (χ4v) is 4.95. The lowest BCUT2D eigenvalue weighted by Gasteiger charge is -2.37. The van der Waals surface area contributed by atoms with Crippen LogP contribution in [0.5, 0.6) is 0 Å². The van der Waals surface area contributed by atoms with Gasteiger partial charge in [0, 0.05) is 31.0 Å². The molecule has 2 aliphatic rings. The second-order valence-corrected chi connectivity index (χ2v) is 9.56. The lowest BCUT2D eigenvalue weighted by molar-refractivity contribution is 0.165. The number of aromatic nitrogens is 1. The summed E-state index contributed by atoms with van der Waals surface area (Å²) in [6, 6.07) is 9.95. The number of aryl methyl sites for hydroxylation is 1. The topological polar surface area (TPSA) is 71.5 Å². The van der Waals surface area contributed by atoms with Crippen LogP contribution in [-0.2, 0) is 6.42 Å².